The van der Waals surface area contributed by atoms with Crippen molar-refractivity contribution in [2.45, 2.75) is 19.5 Å². The number of halogens is 4. The molecule has 11 heteroatoms. The maximum absolute atomic E-state index is 13.0. The molecule has 0 spiro atoms. The molecule has 0 saturated carbocycles. The predicted molar refractivity (Wildman–Crippen MR) is 122 cm³/mol. The summed E-state index contributed by atoms with van der Waals surface area (Å²) < 4.78 is 44.6. The van der Waals surface area contributed by atoms with E-state index in [2.05, 4.69) is 20.9 Å². The van der Waals surface area contributed by atoms with E-state index >= 15 is 0 Å². The van der Waals surface area contributed by atoms with Crippen LogP contribution in [0.15, 0.2) is 60.8 Å². The van der Waals surface area contributed by atoms with E-state index in [4.69, 9.17) is 16.3 Å². The molecule has 0 radical (unpaired) electrons. The summed E-state index contributed by atoms with van der Waals surface area (Å²) in [4.78, 5) is 28.2. The van der Waals surface area contributed by atoms with Crippen LogP contribution < -0.4 is 20.7 Å². The number of hydrogen-bond donors (Lipinski definition) is 3. The number of urea groups is 1. The number of anilines is 2. The first-order valence-corrected chi connectivity index (χ1v) is 10.5. The molecular formula is C23H20ClF3N4O3. The fourth-order valence-electron chi connectivity index (χ4n) is 2.78. The number of pyridine rings is 1. The van der Waals surface area contributed by atoms with Crippen molar-refractivity contribution in [1.82, 2.24) is 10.3 Å². The van der Waals surface area contributed by atoms with Crippen LogP contribution in [0.25, 0.3) is 0 Å². The molecule has 0 aliphatic rings. The van der Waals surface area contributed by atoms with Crippen LogP contribution in [0.2, 0.25) is 5.02 Å². The minimum Gasteiger partial charge on any atom is -0.457 e. The lowest BCUT2D eigenvalue weighted by Gasteiger charge is -2.12. The zero-order chi connectivity index (χ0) is 24.7. The number of alkyl halides is 3. The summed E-state index contributed by atoms with van der Waals surface area (Å²) in [5.74, 6) is 0.531. The third kappa shape index (κ3) is 6.85. The second-order valence-electron chi connectivity index (χ2n) is 7.03. The Bertz CT molecular complexity index is 1170. The number of rotatable bonds is 7. The lowest BCUT2D eigenvalue weighted by atomic mass is 10.2. The van der Waals surface area contributed by atoms with Gasteiger partial charge in [-0.25, -0.2) is 4.79 Å². The maximum Gasteiger partial charge on any atom is 0.417 e. The summed E-state index contributed by atoms with van der Waals surface area (Å²) >= 11 is 5.58. The maximum atomic E-state index is 13.0. The first-order chi connectivity index (χ1) is 16.2. The molecule has 0 aliphatic heterocycles. The molecule has 1 heterocycles. The summed E-state index contributed by atoms with van der Waals surface area (Å²) in [6.07, 6.45) is -2.39. The molecule has 0 unspecified atom stereocenters. The lowest BCUT2D eigenvalue weighted by molar-refractivity contribution is -0.137. The van der Waals surface area contributed by atoms with Crippen LogP contribution in [-0.2, 0) is 6.18 Å². The van der Waals surface area contributed by atoms with Gasteiger partial charge in [-0.15, -0.1) is 0 Å². The molecule has 0 saturated heterocycles. The number of amides is 3. The number of ether oxygens (including phenoxy) is 1. The fraction of sp³-hybridized carbons (Fsp3) is 0.174. The number of hydrogen-bond acceptors (Lipinski definition) is 4. The van der Waals surface area contributed by atoms with Crippen LogP contribution >= 0.6 is 11.6 Å². The molecule has 3 N–H and O–H groups in total. The number of aromatic nitrogens is 1. The summed E-state index contributed by atoms with van der Waals surface area (Å²) in [5, 5.41) is 7.12. The van der Waals surface area contributed by atoms with Crippen LogP contribution in [0.3, 0.4) is 0 Å². The number of carbonyl (C=O) groups excluding carboxylic acids is 2. The third-order valence-electron chi connectivity index (χ3n) is 4.38. The molecule has 2 aromatic carbocycles. The Kier molecular flexibility index (Phi) is 7.95. The van der Waals surface area contributed by atoms with Crippen molar-refractivity contribution in [2.75, 3.05) is 17.2 Å². The Balaban J connectivity index is 1.60. The van der Waals surface area contributed by atoms with Gasteiger partial charge in [-0.2, -0.15) is 13.2 Å². The highest BCUT2D eigenvalue weighted by molar-refractivity contribution is 6.31. The largest absolute Gasteiger partial charge is 0.457 e. The number of nitrogens with one attached hydrogen (secondary N) is 3. The molecule has 7 nitrogen and oxygen atoms in total. The average molecular weight is 493 g/mol. The van der Waals surface area contributed by atoms with Crippen LogP contribution in [-0.4, -0.2) is 23.5 Å². The van der Waals surface area contributed by atoms with Gasteiger partial charge in [0.2, 0.25) is 0 Å². The minimum atomic E-state index is -4.64. The van der Waals surface area contributed by atoms with Crippen molar-refractivity contribution in [3.8, 4) is 11.5 Å². The van der Waals surface area contributed by atoms with E-state index in [1.54, 1.807) is 30.3 Å². The van der Waals surface area contributed by atoms with Gasteiger partial charge >= 0.3 is 12.2 Å². The molecule has 178 valence electrons. The third-order valence-corrected chi connectivity index (χ3v) is 4.71. The molecule has 0 bridgehead atoms. The van der Waals surface area contributed by atoms with Crippen molar-refractivity contribution in [3.05, 3.63) is 77.1 Å². The Morgan fingerprint density at radius 3 is 2.32 bits per heavy atom. The SMILES string of the molecule is CCCNC(=O)c1cc(Oc2ccc(NC(=O)Nc3ccc(Cl)c(C(F)(F)F)c3)cc2)ccn1. The highest BCUT2D eigenvalue weighted by Crippen LogP contribution is 2.36. The van der Waals surface area contributed by atoms with Gasteiger partial charge < -0.3 is 20.7 Å². The zero-order valence-electron chi connectivity index (χ0n) is 17.9. The highest BCUT2D eigenvalue weighted by Gasteiger charge is 2.33. The van der Waals surface area contributed by atoms with Gasteiger partial charge in [0.25, 0.3) is 5.91 Å². The second-order valence-corrected chi connectivity index (χ2v) is 7.44. The van der Waals surface area contributed by atoms with E-state index in [1.807, 2.05) is 6.92 Å². The normalized spacial score (nSPS) is 11.0. The first-order valence-electron chi connectivity index (χ1n) is 10.1. The minimum absolute atomic E-state index is 0.0642. The fourth-order valence-corrected chi connectivity index (χ4v) is 3.01. The van der Waals surface area contributed by atoms with Gasteiger partial charge in [0.05, 0.1) is 10.6 Å². The molecule has 3 rings (SSSR count). The van der Waals surface area contributed by atoms with E-state index in [1.165, 1.54) is 18.3 Å². The van der Waals surface area contributed by atoms with E-state index in [-0.39, 0.29) is 17.3 Å². The monoisotopic (exact) mass is 492 g/mol. The molecule has 34 heavy (non-hydrogen) atoms. The Hall–Kier alpha value is -3.79. The zero-order valence-corrected chi connectivity index (χ0v) is 18.6. The topological polar surface area (TPSA) is 92.4 Å². The van der Waals surface area contributed by atoms with Gasteiger partial charge in [0, 0.05) is 30.2 Å². The summed E-state index contributed by atoms with van der Waals surface area (Å²) in [5.41, 5.74) is -0.512. The molecule has 1 aromatic heterocycles. The second kappa shape index (κ2) is 10.9. The van der Waals surface area contributed by atoms with Gasteiger partial charge in [-0.3, -0.25) is 9.78 Å². The molecule has 0 atom stereocenters. The summed E-state index contributed by atoms with van der Waals surface area (Å²) in [6.45, 7) is 2.48. The van der Waals surface area contributed by atoms with Crippen LogP contribution in [0.4, 0.5) is 29.3 Å². The smallest absolute Gasteiger partial charge is 0.417 e. The van der Waals surface area contributed by atoms with Gasteiger partial charge in [-0.05, 0) is 55.0 Å². The summed E-state index contributed by atoms with van der Waals surface area (Å²) in [7, 11) is 0. The van der Waals surface area contributed by atoms with Gasteiger partial charge in [0.15, 0.2) is 0 Å². The predicted octanol–water partition coefficient (Wildman–Crippen LogP) is 6.33. The van der Waals surface area contributed by atoms with Crippen molar-refractivity contribution in [1.29, 1.82) is 0 Å². The Labute approximate surface area is 198 Å². The van der Waals surface area contributed by atoms with E-state index in [9.17, 15) is 22.8 Å². The number of nitrogens with zero attached hydrogens (tertiary/aromatic N) is 1. The number of benzene rings is 2. The molecule has 0 aliphatic carbocycles. The summed E-state index contributed by atoms with van der Waals surface area (Å²) in [6, 6.07) is 11.7. The Morgan fingerprint density at radius 2 is 1.65 bits per heavy atom. The number of carbonyl (C=O) groups is 2. The lowest BCUT2D eigenvalue weighted by Crippen LogP contribution is -2.24. The highest BCUT2D eigenvalue weighted by atomic mass is 35.5. The molecule has 3 aromatic rings. The van der Waals surface area contributed by atoms with Crippen molar-refractivity contribution in [2.24, 2.45) is 0 Å². The van der Waals surface area contributed by atoms with Crippen molar-refractivity contribution < 1.29 is 27.5 Å². The quantitative estimate of drug-likeness (QED) is 0.359. The Morgan fingerprint density at radius 1 is 0.971 bits per heavy atom. The van der Waals surface area contributed by atoms with Gasteiger partial charge in [-0.1, -0.05) is 18.5 Å². The molecular weight excluding hydrogens is 473 g/mol. The standard InChI is InChI=1S/C23H20ClF3N4O3/c1-2-10-29-21(32)20-13-17(9-11-28-20)34-16-6-3-14(4-7-16)30-22(33)31-15-5-8-19(24)18(12-15)23(25,26)27/h3-9,11-13H,2,10H2,1H3,(H,29,32)(H2,30,31,33). The first kappa shape index (κ1) is 24.8. The van der Waals surface area contributed by atoms with Crippen molar-refractivity contribution >= 4 is 34.9 Å². The van der Waals surface area contributed by atoms with Gasteiger partial charge in [0.1, 0.15) is 17.2 Å². The van der Waals surface area contributed by atoms with Crippen LogP contribution in [0.1, 0.15) is 29.4 Å². The van der Waals surface area contributed by atoms with E-state index < -0.39 is 22.8 Å². The average Bonchev–Trinajstić information content (AvgIpc) is 2.79. The van der Waals surface area contributed by atoms with Crippen LogP contribution in [0, 0.1) is 0 Å². The van der Waals surface area contributed by atoms with Crippen molar-refractivity contribution in [3.63, 3.8) is 0 Å². The van der Waals surface area contributed by atoms with Crippen LogP contribution in [0.5, 0.6) is 11.5 Å². The van der Waals surface area contributed by atoms with E-state index in [0.29, 0.717) is 23.7 Å². The van der Waals surface area contributed by atoms with E-state index in [0.717, 1.165) is 18.6 Å². The molecule has 0 fully saturated rings. The molecule has 3 amide bonds.